The molecule has 1 N–H and O–H groups in total. The molecule has 0 amide bonds. The molecule has 2 heterocycles. The number of hydrogen-bond acceptors (Lipinski definition) is 2. The van der Waals surface area contributed by atoms with Gasteiger partial charge in [0.05, 0.1) is 17.5 Å². The molecule has 0 aliphatic heterocycles. The summed E-state index contributed by atoms with van der Waals surface area (Å²) in [6, 6.07) is 0. The SMILES string of the molecule is CC1Cc2nc(-c3cnn(C)c3)[nH]c2CC1C. The zero-order chi connectivity index (χ0) is 12.0. The minimum Gasteiger partial charge on any atom is -0.342 e. The van der Waals surface area contributed by atoms with Crippen LogP contribution in [0.25, 0.3) is 11.4 Å². The van der Waals surface area contributed by atoms with Crippen LogP contribution >= 0.6 is 0 Å². The van der Waals surface area contributed by atoms with Crippen molar-refractivity contribution >= 4 is 0 Å². The van der Waals surface area contributed by atoms with Crippen LogP contribution in [0.15, 0.2) is 12.4 Å². The van der Waals surface area contributed by atoms with E-state index in [4.69, 9.17) is 4.98 Å². The predicted octanol–water partition coefficient (Wildman–Crippen LogP) is 2.18. The fraction of sp³-hybridized carbons (Fsp3) is 0.538. The first-order chi connectivity index (χ1) is 8.13. The number of fused-ring (bicyclic) bond motifs is 1. The zero-order valence-corrected chi connectivity index (χ0v) is 10.6. The minimum atomic E-state index is 0.729. The molecular formula is C13H18N4. The van der Waals surface area contributed by atoms with E-state index in [0.29, 0.717) is 0 Å². The fourth-order valence-corrected chi connectivity index (χ4v) is 2.49. The van der Waals surface area contributed by atoms with Gasteiger partial charge in [-0.15, -0.1) is 0 Å². The highest BCUT2D eigenvalue weighted by Gasteiger charge is 2.25. The average Bonchev–Trinajstić information content (AvgIpc) is 2.85. The summed E-state index contributed by atoms with van der Waals surface area (Å²) in [6.45, 7) is 4.63. The van der Waals surface area contributed by atoms with Crippen molar-refractivity contribution in [3.63, 3.8) is 0 Å². The Kier molecular flexibility index (Phi) is 2.31. The van der Waals surface area contributed by atoms with Gasteiger partial charge in [-0.2, -0.15) is 5.10 Å². The molecule has 0 bridgehead atoms. The number of aryl methyl sites for hydroxylation is 1. The summed E-state index contributed by atoms with van der Waals surface area (Å²) in [4.78, 5) is 8.16. The second-order valence-electron chi connectivity index (χ2n) is 5.28. The van der Waals surface area contributed by atoms with Gasteiger partial charge in [0.15, 0.2) is 0 Å². The van der Waals surface area contributed by atoms with Crippen LogP contribution in [-0.4, -0.2) is 19.7 Å². The number of aromatic nitrogens is 4. The molecule has 2 atom stereocenters. The van der Waals surface area contributed by atoms with Crippen molar-refractivity contribution in [2.24, 2.45) is 18.9 Å². The van der Waals surface area contributed by atoms with Crippen molar-refractivity contribution in [2.45, 2.75) is 26.7 Å². The second kappa shape index (κ2) is 3.72. The first-order valence-electron chi connectivity index (χ1n) is 6.20. The highest BCUT2D eigenvalue weighted by atomic mass is 15.2. The summed E-state index contributed by atoms with van der Waals surface area (Å²) in [5.41, 5.74) is 3.63. The lowest BCUT2D eigenvalue weighted by Crippen LogP contribution is -2.20. The molecule has 17 heavy (non-hydrogen) atoms. The summed E-state index contributed by atoms with van der Waals surface area (Å²) in [6.07, 6.45) is 6.06. The normalized spacial score (nSPS) is 23.7. The smallest absolute Gasteiger partial charge is 0.141 e. The van der Waals surface area contributed by atoms with Gasteiger partial charge in [0.25, 0.3) is 0 Å². The molecule has 3 rings (SSSR count). The lowest BCUT2D eigenvalue weighted by atomic mass is 9.82. The fourth-order valence-electron chi connectivity index (χ4n) is 2.49. The van der Waals surface area contributed by atoms with Gasteiger partial charge in [-0.05, 0) is 24.7 Å². The molecule has 1 aliphatic rings. The second-order valence-corrected chi connectivity index (χ2v) is 5.28. The van der Waals surface area contributed by atoms with Crippen molar-refractivity contribution in [1.29, 1.82) is 0 Å². The number of rotatable bonds is 1. The van der Waals surface area contributed by atoms with E-state index < -0.39 is 0 Å². The van der Waals surface area contributed by atoms with Crippen molar-refractivity contribution in [3.05, 3.63) is 23.8 Å². The number of imidazole rings is 1. The highest BCUT2D eigenvalue weighted by Crippen LogP contribution is 2.30. The summed E-state index contributed by atoms with van der Waals surface area (Å²) >= 11 is 0. The van der Waals surface area contributed by atoms with Crippen LogP contribution in [0.3, 0.4) is 0 Å². The van der Waals surface area contributed by atoms with Gasteiger partial charge >= 0.3 is 0 Å². The van der Waals surface area contributed by atoms with Crippen molar-refractivity contribution in [2.75, 3.05) is 0 Å². The first kappa shape index (κ1) is 10.6. The average molecular weight is 230 g/mol. The third-order valence-electron chi connectivity index (χ3n) is 3.86. The third kappa shape index (κ3) is 1.77. The molecule has 4 heteroatoms. The predicted molar refractivity (Wildman–Crippen MR) is 66.5 cm³/mol. The number of nitrogens with one attached hydrogen (secondary N) is 1. The van der Waals surface area contributed by atoms with Crippen molar-refractivity contribution in [1.82, 2.24) is 19.7 Å². The van der Waals surface area contributed by atoms with E-state index in [9.17, 15) is 0 Å². The van der Waals surface area contributed by atoms with Gasteiger partial charge in [-0.1, -0.05) is 13.8 Å². The molecule has 4 nitrogen and oxygen atoms in total. The zero-order valence-electron chi connectivity index (χ0n) is 10.6. The van der Waals surface area contributed by atoms with Gasteiger partial charge < -0.3 is 4.98 Å². The molecule has 0 fully saturated rings. The van der Waals surface area contributed by atoms with E-state index in [1.165, 1.54) is 11.4 Å². The van der Waals surface area contributed by atoms with Gasteiger partial charge in [0, 0.05) is 18.9 Å². The van der Waals surface area contributed by atoms with Crippen LogP contribution in [-0.2, 0) is 19.9 Å². The number of hydrogen-bond donors (Lipinski definition) is 1. The maximum atomic E-state index is 4.71. The van der Waals surface area contributed by atoms with E-state index in [-0.39, 0.29) is 0 Å². The summed E-state index contributed by atoms with van der Waals surface area (Å²) in [7, 11) is 1.93. The number of nitrogens with zero attached hydrogens (tertiary/aromatic N) is 3. The molecular weight excluding hydrogens is 212 g/mol. The van der Waals surface area contributed by atoms with E-state index in [1.54, 1.807) is 0 Å². The molecule has 2 aromatic heterocycles. The Balaban J connectivity index is 1.97. The van der Waals surface area contributed by atoms with Crippen LogP contribution < -0.4 is 0 Å². The van der Waals surface area contributed by atoms with Crippen LogP contribution in [0.1, 0.15) is 25.2 Å². The third-order valence-corrected chi connectivity index (χ3v) is 3.86. The maximum absolute atomic E-state index is 4.71. The molecule has 2 unspecified atom stereocenters. The van der Waals surface area contributed by atoms with Crippen LogP contribution in [0.5, 0.6) is 0 Å². The van der Waals surface area contributed by atoms with E-state index in [2.05, 4.69) is 23.9 Å². The molecule has 0 spiro atoms. The summed E-state index contributed by atoms with van der Waals surface area (Å²) in [5.74, 6) is 2.43. The molecule has 2 aromatic rings. The summed E-state index contributed by atoms with van der Waals surface area (Å²) in [5, 5.41) is 4.19. The Bertz CT molecular complexity index is 510. The summed E-state index contributed by atoms with van der Waals surface area (Å²) < 4.78 is 1.81. The maximum Gasteiger partial charge on any atom is 0.141 e. The largest absolute Gasteiger partial charge is 0.342 e. The van der Waals surface area contributed by atoms with Crippen LogP contribution in [0.4, 0.5) is 0 Å². The molecule has 0 saturated heterocycles. The van der Waals surface area contributed by atoms with Crippen molar-refractivity contribution < 1.29 is 0 Å². The van der Waals surface area contributed by atoms with Gasteiger partial charge in [0.2, 0.25) is 0 Å². The van der Waals surface area contributed by atoms with E-state index in [0.717, 1.165) is 36.1 Å². The Morgan fingerprint density at radius 2 is 2.06 bits per heavy atom. The van der Waals surface area contributed by atoms with E-state index in [1.807, 2.05) is 24.1 Å². The van der Waals surface area contributed by atoms with Crippen molar-refractivity contribution in [3.8, 4) is 11.4 Å². The highest BCUT2D eigenvalue weighted by molar-refractivity contribution is 5.53. The van der Waals surface area contributed by atoms with Crippen LogP contribution in [0.2, 0.25) is 0 Å². The molecule has 0 radical (unpaired) electrons. The Morgan fingerprint density at radius 1 is 1.29 bits per heavy atom. The quantitative estimate of drug-likeness (QED) is 0.816. The monoisotopic (exact) mass is 230 g/mol. The van der Waals surface area contributed by atoms with Gasteiger partial charge in [-0.25, -0.2) is 4.98 Å². The number of aromatic amines is 1. The Hall–Kier alpha value is -1.58. The first-order valence-corrected chi connectivity index (χ1v) is 6.20. The lowest BCUT2D eigenvalue weighted by molar-refractivity contribution is 0.355. The Morgan fingerprint density at radius 3 is 2.76 bits per heavy atom. The molecule has 1 aliphatic carbocycles. The Labute approximate surface area is 101 Å². The topological polar surface area (TPSA) is 46.5 Å². The molecule has 0 aromatic carbocycles. The molecule has 0 saturated carbocycles. The lowest BCUT2D eigenvalue weighted by Gasteiger charge is -2.24. The molecule has 90 valence electrons. The number of H-pyrrole nitrogens is 1. The van der Waals surface area contributed by atoms with Gasteiger partial charge in [-0.3, -0.25) is 4.68 Å². The minimum absolute atomic E-state index is 0.729. The van der Waals surface area contributed by atoms with E-state index >= 15 is 0 Å². The van der Waals surface area contributed by atoms with Gasteiger partial charge in [0.1, 0.15) is 5.82 Å². The van der Waals surface area contributed by atoms with Crippen LogP contribution in [0, 0.1) is 11.8 Å². The standard InChI is InChI=1S/C13H18N4/c1-8-4-11-12(5-9(8)2)16-13(15-11)10-6-14-17(3)7-10/h6-9H,4-5H2,1-3H3,(H,15,16).